The van der Waals surface area contributed by atoms with Crippen LogP contribution in [0.25, 0.3) is 0 Å². The van der Waals surface area contributed by atoms with Gasteiger partial charge in [0, 0.05) is 35.6 Å². The van der Waals surface area contributed by atoms with Gasteiger partial charge in [-0.25, -0.2) is 8.42 Å². The minimum absolute atomic E-state index is 0.00587. The molecular weight excluding hydrogens is 420 g/mol. The van der Waals surface area contributed by atoms with Crippen molar-refractivity contribution < 1.29 is 18.0 Å². The number of carbonyl (C=O) groups excluding carboxylic acids is 2. The molecule has 1 aliphatic rings. The van der Waals surface area contributed by atoms with Crippen molar-refractivity contribution in [3.8, 4) is 0 Å². The molecule has 1 aromatic rings. The second kappa shape index (κ2) is 8.08. The highest BCUT2D eigenvalue weighted by molar-refractivity contribution is 9.10. The molecule has 0 spiro atoms. The van der Waals surface area contributed by atoms with E-state index in [2.05, 4.69) is 21.2 Å². The fourth-order valence-corrected chi connectivity index (χ4v) is 5.57. The van der Waals surface area contributed by atoms with E-state index in [0.717, 1.165) is 12.0 Å². The summed E-state index contributed by atoms with van der Waals surface area (Å²) in [6.45, 7) is 7.23. The van der Waals surface area contributed by atoms with Crippen molar-refractivity contribution in [1.29, 1.82) is 0 Å². The molecule has 2 atom stereocenters. The first-order valence-electron chi connectivity index (χ1n) is 8.71. The third kappa shape index (κ3) is 4.46. The van der Waals surface area contributed by atoms with Crippen LogP contribution >= 0.6 is 15.9 Å². The number of sulfone groups is 1. The molecule has 0 saturated heterocycles. The van der Waals surface area contributed by atoms with Crippen molar-refractivity contribution in [2.75, 3.05) is 10.7 Å². The third-order valence-electron chi connectivity index (χ3n) is 4.64. The standard InChI is InChI=1S/C18H25BrN2O4S/c1-5-11(2)20-18(23)6-7-26(24,25)17-10-16-14(9-15(17)19)8-12(3)21(16)13(4)22/h9-12H,5-8H2,1-4H3,(H,20,23). The van der Waals surface area contributed by atoms with Crippen LogP contribution in [0.1, 0.15) is 46.1 Å². The van der Waals surface area contributed by atoms with Gasteiger partial charge in [0.25, 0.3) is 0 Å². The number of hydrogen-bond donors (Lipinski definition) is 1. The Kier molecular flexibility index (Phi) is 6.50. The minimum Gasteiger partial charge on any atom is -0.354 e. The second-order valence-corrected chi connectivity index (χ2v) is 9.73. The van der Waals surface area contributed by atoms with Crippen LogP contribution in [-0.4, -0.2) is 38.1 Å². The van der Waals surface area contributed by atoms with E-state index in [9.17, 15) is 18.0 Å². The maximum Gasteiger partial charge on any atom is 0.224 e. The van der Waals surface area contributed by atoms with Gasteiger partial charge in [-0.15, -0.1) is 0 Å². The lowest BCUT2D eigenvalue weighted by Crippen LogP contribution is -2.33. The molecule has 2 unspecified atom stereocenters. The maximum atomic E-state index is 12.8. The molecule has 1 aromatic carbocycles. The van der Waals surface area contributed by atoms with Gasteiger partial charge in [0.15, 0.2) is 9.84 Å². The molecule has 2 rings (SSSR count). The number of fused-ring (bicyclic) bond motifs is 1. The smallest absolute Gasteiger partial charge is 0.224 e. The average Bonchev–Trinajstić information content (AvgIpc) is 2.86. The van der Waals surface area contributed by atoms with E-state index in [0.29, 0.717) is 16.6 Å². The summed E-state index contributed by atoms with van der Waals surface area (Å²) in [6.07, 6.45) is 1.38. The number of carbonyl (C=O) groups is 2. The van der Waals surface area contributed by atoms with Gasteiger partial charge in [0.05, 0.1) is 10.6 Å². The van der Waals surface area contributed by atoms with Crippen LogP contribution in [0.2, 0.25) is 0 Å². The van der Waals surface area contributed by atoms with Gasteiger partial charge in [0.1, 0.15) is 0 Å². The largest absolute Gasteiger partial charge is 0.354 e. The summed E-state index contributed by atoms with van der Waals surface area (Å²) in [5.41, 5.74) is 1.57. The summed E-state index contributed by atoms with van der Waals surface area (Å²) >= 11 is 3.34. The van der Waals surface area contributed by atoms with Crippen molar-refractivity contribution in [3.05, 3.63) is 22.2 Å². The van der Waals surface area contributed by atoms with Gasteiger partial charge < -0.3 is 10.2 Å². The molecule has 26 heavy (non-hydrogen) atoms. The molecule has 0 aliphatic carbocycles. The van der Waals surface area contributed by atoms with Crippen LogP contribution in [0.5, 0.6) is 0 Å². The van der Waals surface area contributed by atoms with Crippen molar-refractivity contribution >= 4 is 43.3 Å². The Morgan fingerprint density at radius 3 is 2.62 bits per heavy atom. The number of benzene rings is 1. The van der Waals surface area contributed by atoms with Crippen molar-refractivity contribution in [1.82, 2.24) is 5.32 Å². The SMILES string of the molecule is CCC(C)NC(=O)CCS(=O)(=O)c1cc2c(cc1Br)CC(C)N2C(C)=O. The summed E-state index contributed by atoms with van der Waals surface area (Å²) in [5, 5.41) is 2.77. The molecule has 0 bridgehead atoms. The number of halogens is 1. The molecule has 1 heterocycles. The topological polar surface area (TPSA) is 83.6 Å². The van der Waals surface area contributed by atoms with E-state index >= 15 is 0 Å². The van der Waals surface area contributed by atoms with Crippen molar-refractivity contribution in [2.24, 2.45) is 0 Å². The minimum atomic E-state index is -3.66. The summed E-state index contributed by atoms with van der Waals surface area (Å²) in [4.78, 5) is 25.6. The fraction of sp³-hybridized carbons (Fsp3) is 0.556. The van der Waals surface area contributed by atoms with Gasteiger partial charge in [0.2, 0.25) is 11.8 Å². The predicted molar refractivity (Wildman–Crippen MR) is 105 cm³/mol. The molecule has 0 radical (unpaired) electrons. The normalized spacial score (nSPS) is 17.7. The van der Waals surface area contributed by atoms with Crippen LogP contribution in [-0.2, 0) is 25.8 Å². The van der Waals surface area contributed by atoms with Crippen LogP contribution < -0.4 is 10.2 Å². The quantitative estimate of drug-likeness (QED) is 0.730. The number of nitrogens with zero attached hydrogens (tertiary/aromatic N) is 1. The summed E-state index contributed by atoms with van der Waals surface area (Å²) in [6, 6.07) is 3.32. The van der Waals surface area contributed by atoms with Gasteiger partial charge in [-0.1, -0.05) is 6.92 Å². The molecular formula is C18H25BrN2O4S. The highest BCUT2D eigenvalue weighted by Gasteiger charge is 2.32. The number of anilines is 1. The first-order chi connectivity index (χ1) is 12.1. The second-order valence-electron chi connectivity index (χ2n) is 6.80. The van der Waals surface area contributed by atoms with E-state index in [1.54, 1.807) is 17.0 Å². The Hall–Kier alpha value is -1.41. The lowest BCUT2D eigenvalue weighted by molar-refractivity contribution is -0.121. The third-order valence-corrected chi connectivity index (χ3v) is 7.31. The van der Waals surface area contributed by atoms with E-state index in [-0.39, 0.29) is 41.0 Å². The van der Waals surface area contributed by atoms with Crippen LogP contribution in [0.3, 0.4) is 0 Å². The lowest BCUT2D eigenvalue weighted by Gasteiger charge is -2.21. The monoisotopic (exact) mass is 444 g/mol. The summed E-state index contributed by atoms with van der Waals surface area (Å²) in [5.74, 6) is -0.670. The van der Waals surface area contributed by atoms with Crippen molar-refractivity contribution in [3.63, 3.8) is 0 Å². The zero-order valence-electron chi connectivity index (χ0n) is 15.5. The predicted octanol–water partition coefficient (Wildman–Crippen LogP) is 2.83. The Bertz CT molecular complexity index is 823. The van der Waals surface area contributed by atoms with Crippen LogP contribution in [0.4, 0.5) is 5.69 Å². The highest BCUT2D eigenvalue weighted by atomic mass is 79.9. The number of nitrogens with one attached hydrogen (secondary N) is 1. The van der Waals surface area contributed by atoms with E-state index in [4.69, 9.17) is 0 Å². The highest BCUT2D eigenvalue weighted by Crippen LogP contribution is 2.38. The zero-order chi connectivity index (χ0) is 19.6. The molecule has 0 fully saturated rings. The zero-order valence-corrected chi connectivity index (χ0v) is 17.9. The average molecular weight is 445 g/mol. The van der Waals surface area contributed by atoms with Gasteiger partial charge in [-0.2, -0.15) is 0 Å². The Morgan fingerprint density at radius 1 is 1.38 bits per heavy atom. The van der Waals surface area contributed by atoms with Gasteiger partial charge in [-0.3, -0.25) is 9.59 Å². The molecule has 0 aromatic heterocycles. The van der Waals surface area contributed by atoms with Gasteiger partial charge in [-0.05, 0) is 60.3 Å². The van der Waals surface area contributed by atoms with E-state index in [1.807, 2.05) is 20.8 Å². The number of rotatable bonds is 6. The Labute approximate surface area is 163 Å². The summed E-state index contributed by atoms with van der Waals surface area (Å²) in [7, 11) is -3.66. The van der Waals surface area contributed by atoms with E-state index in [1.165, 1.54) is 6.92 Å². The number of hydrogen-bond acceptors (Lipinski definition) is 4. The first kappa shape index (κ1) is 20.9. The number of amides is 2. The first-order valence-corrected chi connectivity index (χ1v) is 11.2. The molecule has 0 saturated carbocycles. The molecule has 1 aliphatic heterocycles. The molecule has 6 nitrogen and oxygen atoms in total. The van der Waals surface area contributed by atoms with Crippen LogP contribution in [0, 0.1) is 0 Å². The van der Waals surface area contributed by atoms with Gasteiger partial charge >= 0.3 is 0 Å². The molecule has 144 valence electrons. The Balaban J connectivity index is 2.25. The maximum absolute atomic E-state index is 12.8. The van der Waals surface area contributed by atoms with E-state index < -0.39 is 9.84 Å². The van der Waals surface area contributed by atoms with Crippen molar-refractivity contribution in [2.45, 2.75) is 63.9 Å². The molecule has 8 heteroatoms. The fourth-order valence-electron chi connectivity index (χ4n) is 3.12. The lowest BCUT2D eigenvalue weighted by atomic mass is 10.1. The molecule has 2 amide bonds. The molecule has 1 N–H and O–H groups in total. The Morgan fingerprint density at radius 2 is 2.04 bits per heavy atom. The van der Waals surface area contributed by atoms with Crippen LogP contribution in [0.15, 0.2) is 21.5 Å². The summed E-state index contributed by atoms with van der Waals surface area (Å²) < 4.78 is 26.0.